The van der Waals surface area contributed by atoms with Crippen molar-refractivity contribution in [2.75, 3.05) is 7.11 Å². The van der Waals surface area contributed by atoms with Crippen LogP contribution in [0.2, 0.25) is 0 Å². The topological polar surface area (TPSA) is 59.4 Å². The lowest BCUT2D eigenvalue weighted by Crippen LogP contribution is -2.33. The van der Waals surface area contributed by atoms with Gasteiger partial charge in [0.25, 0.3) is 0 Å². The van der Waals surface area contributed by atoms with E-state index in [2.05, 4.69) is 20.9 Å². The number of aromatic nitrogens is 1. The van der Waals surface area contributed by atoms with Crippen LogP contribution < -0.4 is 0 Å². The van der Waals surface area contributed by atoms with E-state index < -0.39 is 5.60 Å². The molecule has 4 nitrogen and oxygen atoms in total. The standard InChI is InChI=1S/C17H16BrNO3/c1-22-16(20)12-4-6-14-11(9-12)3-2-8-17(14,21)15-7-5-13(18)10-19-15/h4-7,9-10,21H,2-3,8H2,1H3. The van der Waals surface area contributed by atoms with Gasteiger partial charge in [0.1, 0.15) is 5.60 Å². The Balaban J connectivity index is 2.07. The first-order chi connectivity index (χ1) is 10.5. The Kier molecular flexibility index (Phi) is 4.02. The summed E-state index contributed by atoms with van der Waals surface area (Å²) >= 11 is 3.36. The van der Waals surface area contributed by atoms with Crippen molar-refractivity contribution in [3.8, 4) is 0 Å². The summed E-state index contributed by atoms with van der Waals surface area (Å²) in [6.45, 7) is 0. The molecule has 0 amide bonds. The molecule has 0 fully saturated rings. The zero-order chi connectivity index (χ0) is 15.7. The number of benzene rings is 1. The summed E-state index contributed by atoms with van der Waals surface area (Å²) in [6.07, 6.45) is 3.97. The van der Waals surface area contributed by atoms with E-state index in [0.717, 1.165) is 28.4 Å². The molecule has 5 heteroatoms. The number of aryl methyl sites for hydroxylation is 1. The van der Waals surface area contributed by atoms with Gasteiger partial charge in [-0.05, 0) is 70.6 Å². The van der Waals surface area contributed by atoms with Crippen molar-refractivity contribution < 1.29 is 14.6 Å². The molecule has 22 heavy (non-hydrogen) atoms. The van der Waals surface area contributed by atoms with Crippen LogP contribution >= 0.6 is 15.9 Å². The van der Waals surface area contributed by atoms with E-state index in [1.54, 1.807) is 12.3 Å². The third-order valence-corrected chi connectivity index (χ3v) is 4.58. The lowest BCUT2D eigenvalue weighted by Gasteiger charge is -2.34. The highest BCUT2D eigenvalue weighted by atomic mass is 79.9. The molecule has 1 atom stereocenters. The van der Waals surface area contributed by atoms with Crippen LogP contribution in [0.4, 0.5) is 0 Å². The Morgan fingerprint density at radius 1 is 1.36 bits per heavy atom. The van der Waals surface area contributed by atoms with Crippen molar-refractivity contribution in [1.82, 2.24) is 4.98 Å². The average Bonchev–Trinajstić information content (AvgIpc) is 2.54. The Morgan fingerprint density at radius 2 is 2.18 bits per heavy atom. The predicted octanol–water partition coefficient (Wildman–Crippen LogP) is 3.20. The number of carbonyl (C=O) groups excluding carboxylic acids is 1. The van der Waals surface area contributed by atoms with E-state index in [-0.39, 0.29) is 5.97 Å². The smallest absolute Gasteiger partial charge is 0.337 e. The highest BCUT2D eigenvalue weighted by molar-refractivity contribution is 9.10. The zero-order valence-electron chi connectivity index (χ0n) is 12.2. The summed E-state index contributed by atoms with van der Waals surface area (Å²) in [5.74, 6) is -0.362. The summed E-state index contributed by atoms with van der Waals surface area (Å²) in [5.41, 5.74) is 1.82. The fourth-order valence-corrected chi connectivity index (χ4v) is 3.24. The first-order valence-corrected chi connectivity index (χ1v) is 7.90. The van der Waals surface area contributed by atoms with Crippen molar-refractivity contribution in [2.24, 2.45) is 0 Å². The minimum atomic E-state index is -1.11. The van der Waals surface area contributed by atoms with Crippen molar-refractivity contribution in [3.05, 3.63) is 63.4 Å². The second kappa shape index (κ2) is 5.82. The number of halogens is 1. The molecule has 0 radical (unpaired) electrons. The fourth-order valence-electron chi connectivity index (χ4n) is 3.00. The molecule has 2 aromatic rings. The number of esters is 1. The van der Waals surface area contributed by atoms with Crippen LogP contribution in [0.1, 0.15) is 40.0 Å². The molecule has 3 rings (SSSR count). The Labute approximate surface area is 137 Å². The number of hydrogen-bond acceptors (Lipinski definition) is 4. The number of fused-ring (bicyclic) bond motifs is 1. The van der Waals surface area contributed by atoms with Gasteiger partial charge < -0.3 is 9.84 Å². The molecule has 114 valence electrons. The summed E-state index contributed by atoms with van der Waals surface area (Å²) in [6, 6.07) is 9.01. The molecule has 0 aliphatic heterocycles. The summed E-state index contributed by atoms with van der Waals surface area (Å²) < 4.78 is 5.63. The molecule has 0 spiro atoms. The lowest BCUT2D eigenvalue weighted by molar-refractivity contribution is 0.0559. The molecule has 1 N–H and O–H groups in total. The van der Waals surface area contributed by atoms with Crippen molar-refractivity contribution in [3.63, 3.8) is 0 Å². The Morgan fingerprint density at radius 3 is 2.86 bits per heavy atom. The fraction of sp³-hybridized carbons (Fsp3) is 0.294. The molecule has 0 saturated heterocycles. The molecule has 1 unspecified atom stereocenters. The van der Waals surface area contributed by atoms with Crippen molar-refractivity contribution >= 4 is 21.9 Å². The number of methoxy groups -OCH3 is 1. The van der Waals surface area contributed by atoms with Gasteiger partial charge in [-0.1, -0.05) is 6.07 Å². The van der Waals surface area contributed by atoms with E-state index in [0.29, 0.717) is 17.7 Å². The largest absolute Gasteiger partial charge is 0.465 e. The second-order valence-electron chi connectivity index (χ2n) is 5.44. The van der Waals surface area contributed by atoms with Gasteiger partial charge in [-0.25, -0.2) is 4.79 Å². The monoisotopic (exact) mass is 361 g/mol. The number of aliphatic hydroxyl groups is 1. The molecular weight excluding hydrogens is 346 g/mol. The number of carbonyl (C=O) groups is 1. The maximum atomic E-state index is 11.7. The normalized spacial score (nSPS) is 20.3. The van der Waals surface area contributed by atoms with Gasteiger partial charge in [0.15, 0.2) is 0 Å². The number of hydrogen-bond donors (Lipinski definition) is 1. The van der Waals surface area contributed by atoms with Gasteiger partial charge in [-0.3, -0.25) is 4.98 Å². The van der Waals surface area contributed by atoms with Crippen molar-refractivity contribution in [2.45, 2.75) is 24.9 Å². The number of ether oxygens (including phenoxy) is 1. The van der Waals surface area contributed by atoms with E-state index in [9.17, 15) is 9.90 Å². The minimum Gasteiger partial charge on any atom is -0.465 e. The number of rotatable bonds is 2. The van der Waals surface area contributed by atoms with Crippen LogP contribution in [0.15, 0.2) is 41.0 Å². The molecule has 0 bridgehead atoms. The van der Waals surface area contributed by atoms with Gasteiger partial charge in [-0.2, -0.15) is 0 Å². The number of nitrogens with zero attached hydrogens (tertiary/aromatic N) is 1. The third kappa shape index (κ3) is 2.55. The Bertz CT molecular complexity index is 714. The van der Waals surface area contributed by atoms with Crippen LogP contribution in [0.5, 0.6) is 0 Å². The van der Waals surface area contributed by atoms with Gasteiger partial charge in [0.2, 0.25) is 0 Å². The van der Waals surface area contributed by atoms with Crippen LogP contribution in [-0.4, -0.2) is 23.2 Å². The first kappa shape index (κ1) is 15.2. The quantitative estimate of drug-likeness (QED) is 0.834. The van der Waals surface area contributed by atoms with Crippen molar-refractivity contribution in [1.29, 1.82) is 0 Å². The number of pyridine rings is 1. The summed E-state index contributed by atoms with van der Waals surface area (Å²) in [5, 5.41) is 11.2. The lowest BCUT2D eigenvalue weighted by atomic mass is 9.76. The van der Waals surface area contributed by atoms with Gasteiger partial charge in [0, 0.05) is 10.7 Å². The van der Waals surface area contributed by atoms with Gasteiger partial charge >= 0.3 is 5.97 Å². The average molecular weight is 362 g/mol. The van der Waals surface area contributed by atoms with Gasteiger partial charge in [-0.15, -0.1) is 0 Å². The van der Waals surface area contributed by atoms with Crippen LogP contribution in [-0.2, 0) is 16.8 Å². The minimum absolute atomic E-state index is 0.362. The zero-order valence-corrected chi connectivity index (χ0v) is 13.8. The maximum absolute atomic E-state index is 11.7. The van der Waals surface area contributed by atoms with Crippen LogP contribution in [0, 0.1) is 0 Å². The molecule has 0 saturated carbocycles. The highest BCUT2D eigenvalue weighted by Gasteiger charge is 2.37. The molecule has 1 aromatic carbocycles. The molecule has 1 aromatic heterocycles. The molecule has 1 aliphatic rings. The summed E-state index contributed by atoms with van der Waals surface area (Å²) in [4.78, 5) is 16.0. The second-order valence-corrected chi connectivity index (χ2v) is 6.35. The van der Waals surface area contributed by atoms with E-state index in [1.165, 1.54) is 7.11 Å². The van der Waals surface area contributed by atoms with Crippen LogP contribution in [0.25, 0.3) is 0 Å². The van der Waals surface area contributed by atoms with E-state index >= 15 is 0 Å². The van der Waals surface area contributed by atoms with E-state index in [4.69, 9.17) is 4.74 Å². The summed E-state index contributed by atoms with van der Waals surface area (Å²) in [7, 11) is 1.36. The SMILES string of the molecule is COC(=O)c1ccc2c(c1)CCCC2(O)c1ccc(Br)cn1. The third-order valence-electron chi connectivity index (χ3n) is 4.11. The maximum Gasteiger partial charge on any atom is 0.337 e. The van der Waals surface area contributed by atoms with E-state index in [1.807, 2.05) is 24.3 Å². The van der Waals surface area contributed by atoms with Gasteiger partial charge in [0.05, 0.1) is 18.4 Å². The highest BCUT2D eigenvalue weighted by Crippen LogP contribution is 2.40. The Hall–Kier alpha value is -1.72. The molecular formula is C17H16BrNO3. The first-order valence-electron chi connectivity index (χ1n) is 7.11. The molecule has 1 aliphatic carbocycles. The molecule has 1 heterocycles. The van der Waals surface area contributed by atoms with Crippen LogP contribution in [0.3, 0.4) is 0 Å². The predicted molar refractivity (Wildman–Crippen MR) is 85.7 cm³/mol.